The molecular weight excluding hydrogens is 300 g/mol. The van der Waals surface area contributed by atoms with Crippen molar-refractivity contribution in [2.75, 3.05) is 18.7 Å². The molecule has 0 saturated heterocycles. The quantitative estimate of drug-likeness (QED) is 0.809. The molecule has 2 amide bonds. The van der Waals surface area contributed by atoms with E-state index in [0.717, 1.165) is 5.82 Å². The molecule has 1 aromatic heterocycles. The molecule has 2 heterocycles. The third kappa shape index (κ3) is 3.42. The number of carbonyl (C=O) groups is 2. The van der Waals surface area contributed by atoms with Crippen molar-refractivity contribution in [1.29, 1.82) is 0 Å². The highest BCUT2D eigenvalue weighted by Gasteiger charge is 2.17. The van der Waals surface area contributed by atoms with Gasteiger partial charge in [0.2, 0.25) is 6.79 Å². The highest BCUT2D eigenvalue weighted by Crippen LogP contribution is 2.34. The predicted molar refractivity (Wildman–Crippen MR) is 81.2 cm³/mol. The van der Waals surface area contributed by atoms with E-state index in [9.17, 15) is 9.59 Å². The molecule has 1 aliphatic rings. The average Bonchev–Trinajstić information content (AvgIpc) is 3.15. The second-order valence-corrected chi connectivity index (χ2v) is 4.95. The van der Waals surface area contributed by atoms with E-state index in [1.807, 2.05) is 17.7 Å². The zero-order valence-corrected chi connectivity index (χ0v) is 12.5. The van der Waals surface area contributed by atoms with Gasteiger partial charge in [0, 0.05) is 37.2 Å². The van der Waals surface area contributed by atoms with Crippen LogP contribution in [0.4, 0.5) is 5.69 Å². The van der Waals surface area contributed by atoms with Crippen molar-refractivity contribution < 1.29 is 19.1 Å². The number of carbonyl (C=O) groups excluding carboxylic acids is 2. The van der Waals surface area contributed by atoms with Crippen LogP contribution in [-0.2, 0) is 16.1 Å². The van der Waals surface area contributed by atoms with Gasteiger partial charge in [0.1, 0.15) is 5.82 Å². The first kappa shape index (κ1) is 14.9. The van der Waals surface area contributed by atoms with E-state index in [1.54, 1.807) is 24.4 Å². The molecule has 0 aliphatic carbocycles. The number of aryl methyl sites for hydroxylation is 1. The van der Waals surface area contributed by atoms with Crippen LogP contribution in [0.1, 0.15) is 5.82 Å². The van der Waals surface area contributed by atoms with Crippen LogP contribution in [0.15, 0.2) is 30.6 Å². The van der Waals surface area contributed by atoms with E-state index in [1.165, 1.54) is 0 Å². The molecule has 0 unspecified atom stereocenters. The zero-order chi connectivity index (χ0) is 16.2. The fourth-order valence-electron chi connectivity index (χ4n) is 2.17. The Kier molecular flexibility index (Phi) is 4.13. The van der Waals surface area contributed by atoms with Crippen LogP contribution in [0.5, 0.6) is 11.5 Å². The Balaban J connectivity index is 1.49. The maximum absolute atomic E-state index is 11.9. The molecule has 8 heteroatoms. The van der Waals surface area contributed by atoms with Gasteiger partial charge in [-0.15, -0.1) is 0 Å². The third-order valence-corrected chi connectivity index (χ3v) is 3.40. The molecule has 0 saturated carbocycles. The molecule has 0 radical (unpaired) electrons. The number of amides is 2. The first-order chi connectivity index (χ1) is 11.1. The van der Waals surface area contributed by atoms with Crippen molar-refractivity contribution in [3.8, 4) is 11.5 Å². The van der Waals surface area contributed by atoms with Crippen molar-refractivity contribution in [2.45, 2.75) is 13.5 Å². The van der Waals surface area contributed by atoms with Crippen molar-refractivity contribution in [3.63, 3.8) is 0 Å². The van der Waals surface area contributed by atoms with Gasteiger partial charge in [0.25, 0.3) is 0 Å². The topological polar surface area (TPSA) is 94.5 Å². The van der Waals surface area contributed by atoms with Crippen LogP contribution in [0, 0.1) is 6.92 Å². The van der Waals surface area contributed by atoms with Gasteiger partial charge in [-0.1, -0.05) is 0 Å². The molecule has 1 aliphatic heterocycles. The second-order valence-electron chi connectivity index (χ2n) is 4.95. The number of hydrogen-bond acceptors (Lipinski definition) is 5. The van der Waals surface area contributed by atoms with Crippen molar-refractivity contribution in [2.24, 2.45) is 0 Å². The molecule has 2 N–H and O–H groups in total. The second kappa shape index (κ2) is 6.39. The summed E-state index contributed by atoms with van der Waals surface area (Å²) in [4.78, 5) is 27.7. The van der Waals surface area contributed by atoms with Gasteiger partial charge >= 0.3 is 11.8 Å². The lowest BCUT2D eigenvalue weighted by atomic mass is 10.2. The molecule has 0 spiro atoms. The Morgan fingerprint density at radius 2 is 2.09 bits per heavy atom. The number of hydrogen-bond donors (Lipinski definition) is 2. The third-order valence-electron chi connectivity index (χ3n) is 3.40. The lowest BCUT2D eigenvalue weighted by Crippen LogP contribution is -2.37. The van der Waals surface area contributed by atoms with Crippen LogP contribution in [-0.4, -0.2) is 34.7 Å². The molecule has 120 valence electrons. The van der Waals surface area contributed by atoms with Gasteiger partial charge in [-0.3, -0.25) is 9.59 Å². The standard InChI is InChI=1S/C15H16N4O4/c1-10-16-4-6-19(10)7-5-17-14(20)15(21)18-11-2-3-12-13(8-11)23-9-22-12/h2-4,6,8H,5,7,9H2,1H3,(H,17,20)(H,18,21). The lowest BCUT2D eigenvalue weighted by Gasteiger charge is -2.08. The summed E-state index contributed by atoms with van der Waals surface area (Å²) in [5.74, 6) is 0.581. The van der Waals surface area contributed by atoms with Gasteiger partial charge in [-0.25, -0.2) is 4.98 Å². The van der Waals surface area contributed by atoms with Gasteiger partial charge < -0.3 is 24.7 Å². The predicted octanol–water partition coefficient (Wildman–Crippen LogP) is 0.675. The Hall–Kier alpha value is -3.03. The number of benzene rings is 1. The molecule has 8 nitrogen and oxygen atoms in total. The maximum Gasteiger partial charge on any atom is 0.313 e. The fraction of sp³-hybridized carbons (Fsp3) is 0.267. The summed E-state index contributed by atoms with van der Waals surface area (Å²) >= 11 is 0. The minimum Gasteiger partial charge on any atom is -0.454 e. The monoisotopic (exact) mass is 316 g/mol. The summed E-state index contributed by atoms with van der Waals surface area (Å²) in [7, 11) is 0. The van der Waals surface area contributed by atoms with Crippen molar-refractivity contribution >= 4 is 17.5 Å². The lowest BCUT2D eigenvalue weighted by molar-refractivity contribution is -0.136. The number of nitrogens with zero attached hydrogens (tertiary/aromatic N) is 2. The Bertz CT molecular complexity index is 741. The number of rotatable bonds is 4. The number of anilines is 1. The van der Waals surface area contributed by atoms with Crippen LogP contribution < -0.4 is 20.1 Å². The number of ether oxygens (including phenoxy) is 2. The van der Waals surface area contributed by atoms with Crippen LogP contribution in [0.3, 0.4) is 0 Å². The fourth-order valence-corrected chi connectivity index (χ4v) is 2.17. The van der Waals surface area contributed by atoms with Gasteiger partial charge in [-0.05, 0) is 19.1 Å². The highest BCUT2D eigenvalue weighted by molar-refractivity contribution is 6.39. The highest BCUT2D eigenvalue weighted by atomic mass is 16.7. The molecule has 3 rings (SSSR count). The smallest absolute Gasteiger partial charge is 0.313 e. The largest absolute Gasteiger partial charge is 0.454 e. The number of imidazole rings is 1. The first-order valence-corrected chi connectivity index (χ1v) is 7.10. The van der Waals surface area contributed by atoms with E-state index >= 15 is 0 Å². The average molecular weight is 316 g/mol. The first-order valence-electron chi connectivity index (χ1n) is 7.10. The molecule has 0 fully saturated rings. The van der Waals surface area contributed by atoms with Gasteiger partial charge in [0.15, 0.2) is 11.5 Å². The number of fused-ring (bicyclic) bond motifs is 1. The van der Waals surface area contributed by atoms with E-state index in [4.69, 9.17) is 9.47 Å². The van der Waals surface area contributed by atoms with E-state index in [-0.39, 0.29) is 6.79 Å². The summed E-state index contributed by atoms with van der Waals surface area (Å²) in [6, 6.07) is 4.94. The van der Waals surface area contributed by atoms with Crippen LogP contribution >= 0.6 is 0 Å². The van der Waals surface area contributed by atoms with Gasteiger partial charge in [0.05, 0.1) is 0 Å². The Morgan fingerprint density at radius 1 is 1.26 bits per heavy atom. The van der Waals surface area contributed by atoms with Crippen molar-refractivity contribution in [3.05, 3.63) is 36.4 Å². The van der Waals surface area contributed by atoms with Crippen molar-refractivity contribution in [1.82, 2.24) is 14.9 Å². The molecule has 2 aromatic rings. The summed E-state index contributed by atoms with van der Waals surface area (Å²) in [6.07, 6.45) is 3.50. The van der Waals surface area contributed by atoms with E-state index in [2.05, 4.69) is 15.6 Å². The summed E-state index contributed by atoms with van der Waals surface area (Å²) in [5.41, 5.74) is 0.472. The zero-order valence-electron chi connectivity index (χ0n) is 12.5. The normalized spacial score (nSPS) is 12.0. The van der Waals surface area contributed by atoms with Crippen LogP contribution in [0.25, 0.3) is 0 Å². The SMILES string of the molecule is Cc1nccn1CCNC(=O)C(=O)Nc1ccc2c(c1)OCO2. The molecule has 0 bridgehead atoms. The van der Waals surface area contributed by atoms with E-state index in [0.29, 0.717) is 30.3 Å². The molecule has 23 heavy (non-hydrogen) atoms. The minimum absolute atomic E-state index is 0.154. The Labute approximate surface area is 132 Å². The minimum atomic E-state index is -0.730. The van der Waals surface area contributed by atoms with Gasteiger partial charge in [-0.2, -0.15) is 0 Å². The molecule has 1 aromatic carbocycles. The number of aromatic nitrogens is 2. The van der Waals surface area contributed by atoms with E-state index < -0.39 is 11.8 Å². The Morgan fingerprint density at radius 3 is 2.87 bits per heavy atom. The maximum atomic E-state index is 11.9. The molecule has 0 atom stereocenters. The summed E-state index contributed by atoms with van der Waals surface area (Å²) in [5, 5.41) is 5.09. The van der Waals surface area contributed by atoms with Crippen LogP contribution in [0.2, 0.25) is 0 Å². The number of nitrogens with one attached hydrogen (secondary N) is 2. The summed E-state index contributed by atoms with van der Waals surface area (Å²) < 4.78 is 12.3. The molecular formula is C15H16N4O4. The summed E-state index contributed by atoms with van der Waals surface area (Å²) in [6.45, 7) is 2.91.